The third-order valence-electron chi connectivity index (χ3n) is 5.25. The van der Waals surface area contributed by atoms with E-state index in [-0.39, 0.29) is 18.2 Å². The maximum Gasteiger partial charge on any atom is 0.163 e. The van der Waals surface area contributed by atoms with Crippen LogP contribution in [0.25, 0.3) is 21.8 Å². The predicted octanol–water partition coefficient (Wildman–Crippen LogP) is 2.71. The van der Waals surface area contributed by atoms with E-state index < -0.39 is 0 Å². The van der Waals surface area contributed by atoms with Crippen molar-refractivity contribution in [1.82, 2.24) is 9.88 Å². The molecule has 5 nitrogen and oxygen atoms in total. The minimum absolute atomic E-state index is 0.0427. The summed E-state index contributed by atoms with van der Waals surface area (Å²) in [4.78, 5) is 24.0. The zero-order chi connectivity index (χ0) is 18.3. The fourth-order valence-electron chi connectivity index (χ4n) is 4.01. The molecule has 1 heterocycles. The molecule has 134 valence electrons. The van der Waals surface area contributed by atoms with E-state index in [4.69, 9.17) is 5.11 Å². The van der Waals surface area contributed by atoms with Gasteiger partial charge in [0.2, 0.25) is 0 Å². The van der Waals surface area contributed by atoms with E-state index in [1.165, 1.54) is 0 Å². The van der Waals surface area contributed by atoms with E-state index in [1.54, 1.807) is 6.92 Å². The minimum atomic E-state index is 0.0427. The molecule has 0 fully saturated rings. The Kier molecular flexibility index (Phi) is 4.34. The number of aryl methyl sites for hydroxylation is 1. The van der Waals surface area contributed by atoms with Gasteiger partial charge in [0, 0.05) is 59.0 Å². The van der Waals surface area contributed by atoms with Crippen LogP contribution in [0.15, 0.2) is 30.3 Å². The monoisotopic (exact) mass is 350 g/mol. The standard InChI is InChI=1S/C21H22N2O3/c1-13(25)14-2-5-18-17(12-14)21-16-4-7-20(26)15(16)3-6-19(21)23(18)10-8-22-9-11-24/h2-3,5-6,12,22,24H,4,7-11H2,1H3. The Labute approximate surface area is 151 Å². The quantitative estimate of drug-likeness (QED) is 0.530. The molecular weight excluding hydrogens is 328 g/mol. The first-order valence-electron chi connectivity index (χ1n) is 9.05. The molecule has 0 amide bonds. The first-order chi connectivity index (χ1) is 12.6. The zero-order valence-electron chi connectivity index (χ0n) is 14.8. The number of benzene rings is 2. The molecule has 0 unspecified atom stereocenters. The van der Waals surface area contributed by atoms with Crippen molar-refractivity contribution in [2.45, 2.75) is 26.3 Å². The molecule has 1 aliphatic carbocycles. The van der Waals surface area contributed by atoms with Crippen molar-refractivity contribution < 1.29 is 14.7 Å². The fraction of sp³-hybridized carbons (Fsp3) is 0.333. The maximum absolute atomic E-state index is 12.2. The Morgan fingerprint density at radius 2 is 1.96 bits per heavy atom. The number of hydrogen-bond acceptors (Lipinski definition) is 4. The fourth-order valence-corrected chi connectivity index (χ4v) is 4.01. The van der Waals surface area contributed by atoms with Crippen LogP contribution < -0.4 is 5.32 Å². The summed E-state index contributed by atoms with van der Waals surface area (Å²) >= 11 is 0. The molecule has 1 aromatic heterocycles. The number of aliphatic hydroxyl groups is 1. The number of nitrogens with one attached hydrogen (secondary N) is 1. The highest BCUT2D eigenvalue weighted by Gasteiger charge is 2.25. The number of nitrogens with zero attached hydrogens (tertiary/aromatic N) is 1. The van der Waals surface area contributed by atoms with Crippen LogP contribution in [-0.2, 0) is 13.0 Å². The van der Waals surface area contributed by atoms with Crippen LogP contribution in [0.1, 0.15) is 39.6 Å². The van der Waals surface area contributed by atoms with Crippen molar-refractivity contribution in [3.8, 4) is 0 Å². The van der Waals surface area contributed by atoms with Crippen molar-refractivity contribution in [3.05, 3.63) is 47.0 Å². The van der Waals surface area contributed by atoms with Gasteiger partial charge in [-0.05, 0) is 49.2 Å². The molecule has 0 saturated carbocycles. The molecule has 0 radical (unpaired) electrons. The van der Waals surface area contributed by atoms with E-state index in [0.717, 1.165) is 52.4 Å². The number of aliphatic hydroxyl groups excluding tert-OH is 1. The zero-order valence-corrected chi connectivity index (χ0v) is 14.8. The average Bonchev–Trinajstić information content (AvgIpc) is 3.16. The molecule has 0 bridgehead atoms. The van der Waals surface area contributed by atoms with E-state index in [0.29, 0.717) is 18.5 Å². The Balaban J connectivity index is 1.94. The number of fused-ring (bicyclic) bond motifs is 5. The second-order valence-electron chi connectivity index (χ2n) is 6.82. The molecule has 1 aliphatic rings. The Hall–Kier alpha value is -2.50. The van der Waals surface area contributed by atoms with Gasteiger partial charge in [-0.25, -0.2) is 0 Å². The molecule has 4 rings (SSSR count). The van der Waals surface area contributed by atoms with Crippen molar-refractivity contribution in [3.63, 3.8) is 0 Å². The normalized spacial score (nSPS) is 13.7. The summed E-state index contributed by atoms with van der Waals surface area (Å²) in [7, 11) is 0. The number of Topliss-reactive ketones (excluding diaryl/α,β-unsaturated/α-hetero) is 2. The van der Waals surface area contributed by atoms with Crippen LogP contribution in [-0.4, -0.2) is 40.9 Å². The minimum Gasteiger partial charge on any atom is -0.395 e. The Bertz CT molecular complexity index is 1030. The number of carbonyl (C=O) groups excluding carboxylic acids is 2. The van der Waals surface area contributed by atoms with Gasteiger partial charge in [0.05, 0.1) is 6.61 Å². The van der Waals surface area contributed by atoms with Gasteiger partial charge in [-0.1, -0.05) is 0 Å². The number of hydrogen-bond donors (Lipinski definition) is 2. The van der Waals surface area contributed by atoms with Gasteiger partial charge in [-0.3, -0.25) is 9.59 Å². The van der Waals surface area contributed by atoms with E-state index in [1.807, 2.05) is 30.3 Å². The van der Waals surface area contributed by atoms with Crippen LogP contribution in [0, 0.1) is 0 Å². The van der Waals surface area contributed by atoms with Crippen LogP contribution >= 0.6 is 0 Å². The second kappa shape index (κ2) is 6.67. The van der Waals surface area contributed by atoms with Crippen LogP contribution in [0.2, 0.25) is 0 Å². The van der Waals surface area contributed by atoms with E-state index in [9.17, 15) is 9.59 Å². The van der Waals surface area contributed by atoms with E-state index >= 15 is 0 Å². The van der Waals surface area contributed by atoms with Gasteiger partial charge in [-0.2, -0.15) is 0 Å². The van der Waals surface area contributed by atoms with Crippen LogP contribution in [0.3, 0.4) is 0 Å². The number of carbonyl (C=O) groups is 2. The van der Waals surface area contributed by atoms with Gasteiger partial charge in [-0.15, -0.1) is 0 Å². The molecule has 5 heteroatoms. The topological polar surface area (TPSA) is 71.3 Å². The molecule has 0 aliphatic heterocycles. The molecule has 26 heavy (non-hydrogen) atoms. The highest BCUT2D eigenvalue weighted by molar-refractivity contribution is 6.16. The first kappa shape index (κ1) is 16.9. The lowest BCUT2D eigenvalue weighted by molar-refractivity contribution is 0.0991. The van der Waals surface area contributed by atoms with Gasteiger partial charge in [0.15, 0.2) is 11.6 Å². The molecule has 2 N–H and O–H groups in total. The molecule has 3 aromatic rings. The molecule has 0 saturated heterocycles. The Morgan fingerprint density at radius 3 is 2.73 bits per heavy atom. The average molecular weight is 350 g/mol. The smallest absolute Gasteiger partial charge is 0.163 e. The lowest BCUT2D eigenvalue weighted by Crippen LogP contribution is -2.22. The summed E-state index contributed by atoms with van der Waals surface area (Å²) in [5.74, 6) is 0.246. The van der Waals surface area contributed by atoms with Crippen molar-refractivity contribution >= 4 is 33.4 Å². The largest absolute Gasteiger partial charge is 0.395 e. The van der Waals surface area contributed by atoms with Crippen molar-refractivity contribution in [2.75, 3.05) is 19.7 Å². The highest BCUT2D eigenvalue weighted by atomic mass is 16.3. The van der Waals surface area contributed by atoms with E-state index in [2.05, 4.69) is 9.88 Å². The van der Waals surface area contributed by atoms with Gasteiger partial charge < -0.3 is 15.0 Å². The van der Waals surface area contributed by atoms with Crippen molar-refractivity contribution in [1.29, 1.82) is 0 Å². The van der Waals surface area contributed by atoms with Crippen LogP contribution in [0.4, 0.5) is 0 Å². The lowest BCUT2D eigenvalue weighted by atomic mass is 10.0. The molecule has 2 aromatic carbocycles. The van der Waals surface area contributed by atoms with Gasteiger partial charge in [0.25, 0.3) is 0 Å². The molecular formula is C21H22N2O3. The number of aromatic nitrogens is 1. The van der Waals surface area contributed by atoms with Gasteiger partial charge >= 0.3 is 0 Å². The number of rotatable bonds is 6. The summed E-state index contributed by atoms with van der Waals surface area (Å²) in [5.41, 5.74) is 4.80. The molecule has 0 spiro atoms. The number of ketones is 2. The van der Waals surface area contributed by atoms with Crippen molar-refractivity contribution in [2.24, 2.45) is 0 Å². The summed E-state index contributed by atoms with van der Waals surface area (Å²) in [6.07, 6.45) is 1.32. The highest BCUT2D eigenvalue weighted by Crippen LogP contribution is 2.37. The van der Waals surface area contributed by atoms with Crippen LogP contribution in [0.5, 0.6) is 0 Å². The summed E-state index contributed by atoms with van der Waals surface area (Å²) in [6.45, 7) is 3.75. The lowest BCUT2D eigenvalue weighted by Gasteiger charge is -2.09. The summed E-state index contributed by atoms with van der Waals surface area (Å²) < 4.78 is 2.24. The molecule has 0 atom stereocenters. The third-order valence-corrected chi connectivity index (χ3v) is 5.25. The van der Waals surface area contributed by atoms with Gasteiger partial charge in [0.1, 0.15) is 0 Å². The Morgan fingerprint density at radius 1 is 1.15 bits per heavy atom. The SMILES string of the molecule is CC(=O)c1ccc2c(c1)c1c3c(ccc1n2CCNCCO)C(=O)CC3. The second-order valence-corrected chi connectivity index (χ2v) is 6.82. The third kappa shape index (κ3) is 2.64. The maximum atomic E-state index is 12.2. The first-order valence-corrected chi connectivity index (χ1v) is 9.05. The predicted molar refractivity (Wildman–Crippen MR) is 102 cm³/mol. The summed E-state index contributed by atoms with van der Waals surface area (Å²) in [6, 6.07) is 9.79. The summed E-state index contributed by atoms with van der Waals surface area (Å²) in [5, 5.41) is 14.3.